The average molecular weight is 230 g/mol. The summed E-state index contributed by atoms with van der Waals surface area (Å²) in [6, 6.07) is 0. The molecule has 0 unspecified atom stereocenters. The molecular weight excluding hydrogens is 208 g/mol. The van der Waals surface area contributed by atoms with Crippen LogP contribution in [0.2, 0.25) is 0 Å². The van der Waals surface area contributed by atoms with E-state index in [0.29, 0.717) is 0 Å². The van der Waals surface area contributed by atoms with Crippen molar-refractivity contribution in [3.8, 4) is 0 Å². The van der Waals surface area contributed by atoms with Gasteiger partial charge in [0.2, 0.25) is 6.79 Å². The summed E-state index contributed by atoms with van der Waals surface area (Å²) in [5.41, 5.74) is -0.455. The van der Waals surface area contributed by atoms with Crippen LogP contribution in [0.4, 0.5) is 0 Å². The molecule has 0 radical (unpaired) electrons. The van der Waals surface area contributed by atoms with Crippen molar-refractivity contribution in [3.05, 3.63) is 0 Å². The lowest BCUT2D eigenvalue weighted by Crippen LogP contribution is -2.30. The maximum absolute atomic E-state index is 11.8. The summed E-state index contributed by atoms with van der Waals surface area (Å²) in [6.45, 7) is 6.97. The molecule has 16 heavy (non-hydrogen) atoms. The van der Waals surface area contributed by atoms with Gasteiger partial charge in [-0.1, -0.05) is 26.7 Å². The second kappa shape index (κ2) is 7.25. The molecule has 4 nitrogen and oxygen atoms in total. The maximum Gasteiger partial charge on any atom is 0.314 e. The number of carbonyl (C=O) groups is 2. The highest BCUT2D eigenvalue weighted by Gasteiger charge is 2.33. The van der Waals surface area contributed by atoms with Crippen molar-refractivity contribution in [1.82, 2.24) is 0 Å². The maximum atomic E-state index is 11.8. The Balaban J connectivity index is 4.21. The first-order valence-electron chi connectivity index (χ1n) is 5.77. The summed E-state index contributed by atoms with van der Waals surface area (Å²) in [5.74, 6) is -0.724. The van der Waals surface area contributed by atoms with Crippen LogP contribution >= 0.6 is 0 Å². The topological polar surface area (TPSA) is 52.6 Å². The SMILES string of the molecule is CCCC(C)(CCC)C(=O)OCOC(C)=O. The molecule has 0 aromatic heterocycles. The molecule has 0 N–H and O–H groups in total. The van der Waals surface area contributed by atoms with Gasteiger partial charge in [-0.3, -0.25) is 9.59 Å². The van der Waals surface area contributed by atoms with Gasteiger partial charge in [0.05, 0.1) is 5.41 Å². The van der Waals surface area contributed by atoms with E-state index in [-0.39, 0.29) is 12.8 Å². The van der Waals surface area contributed by atoms with Gasteiger partial charge in [-0.2, -0.15) is 0 Å². The van der Waals surface area contributed by atoms with Crippen LogP contribution in [0.1, 0.15) is 53.4 Å². The van der Waals surface area contributed by atoms with Crippen LogP contribution in [-0.4, -0.2) is 18.7 Å². The lowest BCUT2D eigenvalue weighted by atomic mass is 9.81. The van der Waals surface area contributed by atoms with Crippen LogP contribution < -0.4 is 0 Å². The fourth-order valence-corrected chi connectivity index (χ4v) is 1.77. The molecule has 94 valence electrons. The highest BCUT2D eigenvalue weighted by atomic mass is 16.7. The fourth-order valence-electron chi connectivity index (χ4n) is 1.77. The molecule has 0 aliphatic rings. The number of hydrogen-bond donors (Lipinski definition) is 0. The first kappa shape index (κ1) is 14.9. The minimum atomic E-state index is -0.455. The van der Waals surface area contributed by atoms with Crippen molar-refractivity contribution in [2.24, 2.45) is 5.41 Å². The Morgan fingerprint density at radius 1 is 1.06 bits per heavy atom. The Labute approximate surface area is 97.3 Å². The van der Waals surface area contributed by atoms with E-state index < -0.39 is 11.4 Å². The smallest absolute Gasteiger partial charge is 0.314 e. The second-order valence-electron chi connectivity index (χ2n) is 4.25. The van der Waals surface area contributed by atoms with Gasteiger partial charge in [-0.05, 0) is 19.8 Å². The van der Waals surface area contributed by atoms with Crippen molar-refractivity contribution in [3.63, 3.8) is 0 Å². The fraction of sp³-hybridized carbons (Fsp3) is 0.833. The van der Waals surface area contributed by atoms with E-state index in [1.165, 1.54) is 6.92 Å². The van der Waals surface area contributed by atoms with E-state index in [4.69, 9.17) is 4.74 Å². The normalized spacial score (nSPS) is 11.0. The van der Waals surface area contributed by atoms with Crippen LogP contribution in [0.5, 0.6) is 0 Å². The first-order chi connectivity index (χ1) is 7.46. The Hall–Kier alpha value is -1.06. The largest absolute Gasteiger partial charge is 0.428 e. The van der Waals surface area contributed by atoms with E-state index in [0.717, 1.165) is 25.7 Å². The first-order valence-corrected chi connectivity index (χ1v) is 5.77. The highest BCUT2D eigenvalue weighted by Crippen LogP contribution is 2.30. The number of ether oxygens (including phenoxy) is 2. The zero-order chi connectivity index (χ0) is 12.6. The molecule has 0 bridgehead atoms. The third kappa shape index (κ3) is 5.14. The molecule has 0 atom stereocenters. The van der Waals surface area contributed by atoms with Gasteiger partial charge >= 0.3 is 11.9 Å². The Morgan fingerprint density at radius 3 is 1.94 bits per heavy atom. The average Bonchev–Trinajstić information content (AvgIpc) is 2.17. The predicted molar refractivity (Wildman–Crippen MR) is 60.6 cm³/mol. The summed E-state index contributed by atoms with van der Waals surface area (Å²) in [7, 11) is 0. The minimum absolute atomic E-state index is 0.280. The van der Waals surface area contributed by atoms with Gasteiger partial charge in [0.15, 0.2) is 0 Å². The predicted octanol–water partition coefficient (Wildman–Crippen LogP) is 2.66. The van der Waals surface area contributed by atoms with Crippen molar-refractivity contribution >= 4 is 11.9 Å². The summed E-state index contributed by atoms with van der Waals surface area (Å²) in [6.07, 6.45) is 3.44. The molecule has 0 aliphatic carbocycles. The summed E-state index contributed by atoms with van der Waals surface area (Å²) < 4.78 is 9.52. The molecule has 0 saturated carbocycles. The second-order valence-corrected chi connectivity index (χ2v) is 4.25. The number of esters is 2. The Bertz CT molecular complexity index is 229. The standard InChI is InChI=1S/C12H22O4/c1-5-7-12(4,8-6-2)11(14)16-9-15-10(3)13/h5-9H2,1-4H3. The van der Waals surface area contributed by atoms with E-state index in [1.54, 1.807) is 0 Å². The highest BCUT2D eigenvalue weighted by molar-refractivity contribution is 5.76. The lowest BCUT2D eigenvalue weighted by Gasteiger charge is -2.26. The van der Waals surface area contributed by atoms with Crippen LogP contribution in [0.3, 0.4) is 0 Å². The molecule has 4 heteroatoms. The molecule has 0 aromatic carbocycles. The molecule has 0 fully saturated rings. The number of rotatable bonds is 7. The van der Waals surface area contributed by atoms with Gasteiger partial charge in [0.1, 0.15) is 0 Å². The van der Waals surface area contributed by atoms with E-state index >= 15 is 0 Å². The zero-order valence-electron chi connectivity index (χ0n) is 10.7. The van der Waals surface area contributed by atoms with Crippen LogP contribution in [-0.2, 0) is 19.1 Å². The van der Waals surface area contributed by atoms with E-state index in [9.17, 15) is 9.59 Å². The Morgan fingerprint density at radius 2 is 1.56 bits per heavy atom. The Kier molecular flexibility index (Phi) is 6.77. The van der Waals surface area contributed by atoms with E-state index in [1.807, 2.05) is 20.8 Å². The van der Waals surface area contributed by atoms with Crippen LogP contribution in [0, 0.1) is 5.41 Å². The third-order valence-electron chi connectivity index (χ3n) is 2.55. The molecule has 0 saturated heterocycles. The molecule has 0 amide bonds. The van der Waals surface area contributed by atoms with Gasteiger partial charge in [0.25, 0.3) is 0 Å². The zero-order valence-corrected chi connectivity index (χ0v) is 10.7. The van der Waals surface area contributed by atoms with Gasteiger partial charge in [-0.25, -0.2) is 0 Å². The lowest BCUT2D eigenvalue weighted by molar-refractivity contribution is -0.174. The van der Waals surface area contributed by atoms with Crippen molar-refractivity contribution in [1.29, 1.82) is 0 Å². The molecule has 0 heterocycles. The summed E-state index contributed by atoms with van der Waals surface area (Å²) in [4.78, 5) is 22.3. The van der Waals surface area contributed by atoms with Crippen LogP contribution in [0.15, 0.2) is 0 Å². The quantitative estimate of drug-likeness (QED) is 0.498. The third-order valence-corrected chi connectivity index (χ3v) is 2.55. The van der Waals surface area contributed by atoms with Crippen molar-refractivity contribution in [2.45, 2.75) is 53.4 Å². The molecule has 0 rings (SSSR count). The van der Waals surface area contributed by atoms with Gasteiger partial charge < -0.3 is 9.47 Å². The van der Waals surface area contributed by atoms with Gasteiger partial charge in [-0.15, -0.1) is 0 Å². The molecule has 0 spiro atoms. The van der Waals surface area contributed by atoms with Gasteiger partial charge in [0, 0.05) is 6.92 Å². The minimum Gasteiger partial charge on any atom is -0.428 e. The van der Waals surface area contributed by atoms with E-state index in [2.05, 4.69) is 4.74 Å². The molecule has 0 aliphatic heterocycles. The number of carbonyl (C=O) groups excluding carboxylic acids is 2. The van der Waals surface area contributed by atoms with Crippen LogP contribution in [0.25, 0.3) is 0 Å². The summed E-state index contributed by atoms with van der Waals surface area (Å²) in [5, 5.41) is 0. The monoisotopic (exact) mass is 230 g/mol. The summed E-state index contributed by atoms with van der Waals surface area (Å²) >= 11 is 0. The van der Waals surface area contributed by atoms with Crippen molar-refractivity contribution in [2.75, 3.05) is 6.79 Å². The number of hydrogen-bond acceptors (Lipinski definition) is 4. The molecule has 0 aromatic rings. The van der Waals surface area contributed by atoms with Crippen molar-refractivity contribution < 1.29 is 19.1 Å². The molecular formula is C12H22O4.